The number of aromatic nitrogens is 5. The van der Waals surface area contributed by atoms with Gasteiger partial charge in [0.15, 0.2) is 0 Å². The van der Waals surface area contributed by atoms with E-state index >= 15 is 0 Å². The molecule has 0 aromatic carbocycles. The van der Waals surface area contributed by atoms with Gasteiger partial charge in [0, 0.05) is 50.7 Å². The Kier molecular flexibility index (Phi) is 5.57. The van der Waals surface area contributed by atoms with Crippen LogP contribution in [0.3, 0.4) is 0 Å². The molecule has 0 unspecified atom stereocenters. The fourth-order valence-corrected chi connectivity index (χ4v) is 3.41. The van der Waals surface area contributed by atoms with Crippen LogP contribution >= 0.6 is 0 Å². The molecule has 1 aliphatic rings. The first kappa shape index (κ1) is 20.8. The summed E-state index contributed by atoms with van der Waals surface area (Å²) < 4.78 is 40.6. The highest BCUT2D eigenvalue weighted by molar-refractivity contribution is 5.45. The summed E-state index contributed by atoms with van der Waals surface area (Å²) in [6, 6.07) is 7.75. The number of piperazine rings is 1. The van der Waals surface area contributed by atoms with Crippen molar-refractivity contribution in [2.24, 2.45) is 0 Å². The van der Waals surface area contributed by atoms with Gasteiger partial charge in [0.25, 0.3) is 5.56 Å². The second-order valence-electron chi connectivity index (χ2n) is 7.17. The topological polar surface area (TPSA) is 80.0 Å². The van der Waals surface area contributed by atoms with E-state index in [9.17, 15) is 18.0 Å². The fourth-order valence-electron chi connectivity index (χ4n) is 3.41. The van der Waals surface area contributed by atoms with E-state index < -0.39 is 11.9 Å². The number of pyridine rings is 1. The minimum atomic E-state index is -4.52. The Labute approximate surface area is 176 Å². The number of hydrogen-bond acceptors (Lipinski definition) is 7. The van der Waals surface area contributed by atoms with Crippen molar-refractivity contribution in [3.05, 3.63) is 70.2 Å². The zero-order valence-corrected chi connectivity index (χ0v) is 16.7. The number of rotatable bonds is 4. The van der Waals surface area contributed by atoms with Crippen molar-refractivity contribution in [2.75, 3.05) is 36.0 Å². The van der Waals surface area contributed by atoms with Gasteiger partial charge in [-0.25, -0.2) is 14.6 Å². The van der Waals surface area contributed by atoms with Gasteiger partial charge in [-0.05, 0) is 30.7 Å². The molecule has 0 saturated carbocycles. The smallest absolute Gasteiger partial charge is 0.353 e. The lowest BCUT2D eigenvalue weighted by atomic mass is 10.2. The monoisotopic (exact) mass is 431 g/mol. The first-order valence-corrected chi connectivity index (χ1v) is 9.69. The van der Waals surface area contributed by atoms with E-state index in [4.69, 9.17) is 0 Å². The second kappa shape index (κ2) is 8.32. The van der Waals surface area contributed by atoms with Crippen molar-refractivity contribution in [2.45, 2.75) is 19.6 Å². The van der Waals surface area contributed by atoms with Gasteiger partial charge in [0.2, 0.25) is 0 Å². The van der Waals surface area contributed by atoms with Crippen LogP contribution in [0.2, 0.25) is 0 Å². The number of halogens is 3. The minimum Gasteiger partial charge on any atom is -0.353 e. The predicted molar refractivity (Wildman–Crippen MR) is 108 cm³/mol. The summed E-state index contributed by atoms with van der Waals surface area (Å²) in [6.45, 7) is 3.79. The van der Waals surface area contributed by atoms with Crippen LogP contribution in [0.5, 0.6) is 0 Å². The second-order valence-corrected chi connectivity index (χ2v) is 7.17. The first-order valence-electron chi connectivity index (χ1n) is 9.69. The highest BCUT2D eigenvalue weighted by atomic mass is 19.4. The summed E-state index contributed by atoms with van der Waals surface area (Å²) in [5, 5.41) is 4.47. The average molecular weight is 431 g/mol. The van der Waals surface area contributed by atoms with Gasteiger partial charge >= 0.3 is 6.18 Å². The molecule has 1 fully saturated rings. The number of anilines is 2. The molecule has 8 nitrogen and oxygen atoms in total. The molecule has 0 N–H and O–H groups in total. The summed E-state index contributed by atoms with van der Waals surface area (Å²) in [4.78, 5) is 27.6. The maximum atomic E-state index is 13.1. The molecule has 0 aliphatic carbocycles. The van der Waals surface area contributed by atoms with Crippen LogP contribution in [-0.4, -0.2) is 50.9 Å². The highest BCUT2D eigenvalue weighted by Crippen LogP contribution is 2.30. The Balaban J connectivity index is 1.48. The van der Waals surface area contributed by atoms with E-state index in [0.29, 0.717) is 38.5 Å². The number of alkyl halides is 3. The van der Waals surface area contributed by atoms with E-state index in [2.05, 4.69) is 20.1 Å². The molecule has 4 heterocycles. The molecule has 3 aromatic rings. The summed E-state index contributed by atoms with van der Waals surface area (Å²) >= 11 is 0. The minimum absolute atomic E-state index is 0.0807. The Morgan fingerprint density at radius 2 is 1.58 bits per heavy atom. The zero-order valence-electron chi connectivity index (χ0n) is 16.7. The molecule has 0 bridgehead atoms. The van der Waals surface area contributed by atoms with Gasteiger partial charge in [-0.3, -0.25) is 9.78 Å². The maximum absolute atomic E-state index is 13.1. The quantitative estimate of drug-likeness (QED) is 0.626. The van der Waals surface area contributed by atoms with E-state index in [-0.39, 0.29) is 17.2 Å². The van der Waals surface area contributed by atoms with Crippen LogP contribution in [0.15, 0.2) is 47.5 Å². The normalized spacial score (nSPS) is 14.7. The fraction of sp³-hybridized carbons (Fsp3) is 0.350. The molecule has 1 saturated heterocycles. The number of nitrogens with zero attached hydrogens (tertiary/aromatic N) is 7. The Morgan fingerprint density at radius 1 is 0.935 bits per heavy atom. The average Bonchev–Trinajstić information content (AvgIpc) is 2.75. The van der Waals surface area contributed by atoms with Crippen LogP contribution in [0.25, 0.3) is 0 Å². The van der Waals surface area contributed by atoms with Gasteiger partial charge in [-0.2, -0.15) is 18.3 Å². The third kappa shape index (κ3) is 4.81. The molecule has 162 valence electrons. The Morgan fingerprint density at radius 3 is 2.23 bits per heavy atom. The molecular weight excluding hydrogens is 411 g/mol. The van der Waals surface area contributed by atoms with Crippen LogP contribution in [-0.2, 0) is 12.7 Å². The van der Waals surface area contributed by atoms with Crippen LogP contribution in [0.1, 0.15) is 17.1 Å². The van der Waals surface area contributed by atoms with Crippen LogP contribution < -0.4 is 15.4 Å². The molecule has 31 heavy (non-hydrogen) atoms. The van der Waals surface area contributed by atoms with Crippen molar-refractivity contribution in [3.8, 4) is 0 Å². The number of aryl methyl sites for hydroxylation is 1. The molecule has 0 atom stereocenters. The van der Waals surface area contributed by atoms with Gasteiger partial charge in [0.05, 0.1) is 6.54 Å². The van der Waals surface area contributed by atoms with Crippen molar-refractivity contribution >= 4 is 11.6 Å². The van der Waals surface area contributed by atoms with Crippen molar-refractivity contribution in [1.82, 2.24) is 24.7 Å². The Hall–Kier alpha value is -3.50. The largest absolute Gasteiger partial charge is 0.433 e. The van der Waals surface area contributed by atoms with E-state index in [1.165, 1.54) is 17.7 Å². The standard InChI is InChI=1S/C20H20F3N7O/c1-14-25-16(20(21,22)23)12-18(26-14)29-10-8-28(9-11-29)17-2-3-19(31)30(27-17)13-15-4-6-24-7-5-15/h2-7,12H,8-11,13H2,1H3. The molecule has 0 radical (unpaired) electrons. The lowest BCUT2D eigenvalue weighted by Crippen LogP contribution is -2.47. The summed E-state index contributed by atoms with van der Waals surface area (Å²) in [7, 11) is 0. The van der Waals surface area contributed by atoms with Gasteiger partial charge in [0.1, 0.15) is 23.2 Å². The molecule has 11 heteroatoms. The summed E-state index contributed by atoms with van der Waals surface area (Å²) in [6.07, 6.45) is -1.21. The van der Waals surface area contributed by atoms with E-state index in [1.807, 2.05) is 17.0 Å². The summed E-state index contributed by atoms with van der Waals surface area (Å²) in [5.74, 6) is 0.982. The number of hydrogen-bond donors (Lipinski definition) is 0. The van der Waals surface area contributed by atoms with E-state index in [1.54, 1.807) is 23.4 Å². The molecular formula is C20H20F3N7O. The molecule has 0 spiro atoms. The van der Waals surface area contributed by atoms with Crippen molar-refractivity contribution in [1.29, 1.82) is 0 Å². The molecule has 4 rings (SSSR count). The van der Waals surface area contributed by atoms with Crippen LogP contribution in [0, 0.1) is 6.92 Å². The Bertz CT molecular complexity index is 1110. The van der Waals surface area contributed by atoms with Gasteiger partial charge in [-0.15, -0.1) is 0 Å². The molecule has 3 aromatic heterocycles. The third-order valence-corrected chi connectivity index (χ3v) is 4.98. The molecule has 1 aliphatic heterocycles. The highest BCUT2D eigenvalue weighted by Gasteiger charge is 2.34. The SMILES string of the molecule is Cc1nc(N2CCN(c3ccc(=O)n(Cc4ccncc4)n3)CC2)cc(C(F)(F)F)n1. The van der Waals surface area contributed by atoms with Crippen molar-refractivity contribution < 1.29 is 13.2 Å². The predicted octanol–water partition coefficient (Wildman–Crippen LogP) is 2.13. The third-order valence-electron chi connectivity index (χ3n) is 4.98. The summed E-state index contributed by atoms with van der Waals surface area (Å²) in [5.41, 5.74) is -0.246. The first-order chi connectivity index (χ1) is 14.8. The maximum Gasteiger partial charge on any atom is 0.433 e. The lowest BCUT2D eigenvalue weighted by molar-refractivity contribution is -0.141. The van der Waals surface area contributed by atoms with Gasteiger partial charge < -0.3 is 9.80 Å². The zero-order chi connectivity index (χ0) is 22.0. The lowest BCUT2D eigenvalue weighted by Gasteiger charge is -2.36. The molecule has 0 amide bonds. The van der Waals surface area contributed by atoms with Gasteiger partial charge in [-0.1, -0.05) is 0 Å². The van der Waals surface area contributed by atoms with Crippen molar-refractivity contribution in [3.63, 3.8) is 0 Å². The van der Waals surface area contributed by atoms with Crippen LogP contribution in [0.4, 0.5) is 24.8 Å². The van der Waals surface area contributed by atoms with E-state index in [0.717, 1.165) is 11.6 Å².